The monoisotopic (exact) mass is 258 g/mol. The Kier molecular flexibility index (Phi) is 5.06. The molecule has 1 aromatic carbocycles. The van der Waals surface area contributed by atoms with Crippen molar-refractivity contribution in [2.45, 2.75) is 18.6 Å². The molecule has 2 N–H and O–H groups in total. The molecule has 0 aromatic heterocycles. The van der Waals surface area contributed by atoms with E-state index in [1.54, 1.807) is 0 Å². The van der Waals surface area contributed by atoms with Gasteiger partial charge in [-0.3, -0.25) is 4.79 Å². The van der Waals surface area contributed by atoms with Gasteiger partial charge in [0.25, 0.3) is 0 Å². The fraction of sp³-hybridized carbons (Fsp3) is 0.417. The number of esters is 1. The van der Waals surface area contributed by atoms with Crippen molar-refractivity contribution in [3.8, 4) is 5.75 Å². The van der Waals surface area contributed by atoms with E-state index in [0.717, 1.165) is 6.07 Å². The highest BCUT2D eigenvalue weighted by Crippen LogP contribution is 2.24. The summed E-state index contributed by atoms with van der Waals surface area (Å²) in [5.41, 5.74) is 0.157. The average Bonchev–Trinajstić information content (AvgIpc) is 2.37. The van der Waals surface area contributed by atoms with Gasteiger partial charge < -0.3 is 19.7 Å². The predicted octanol–water partition coefficient (Wildman–Crippen LogP) is 0.792. The fourth-order valence-electron chi connectivity index (χ4n) is 1.45. The van der Waals surface area contributed by atoms with E-state index in [-0.39, 0.29) is 17.7 Å². The van der Waals surface area contributed by atoms with E-state index < -0.39 is 24.0 Å². The van der Waals surface area contributed by atoms with Crippen LogP contribution in [-0.2, 0) is 9.53 Å². The van der Waals surface area contributed by atoms with Gasteiger partial charge >= 0.3 is 5.97 Å². The van der Waals surface area contributed by atoms with Crippen molar-refractivity contribution in [2.75, 3.05) is 14.2 Å². The van der Waals surface area contributed by atoms with Gasteiger partial charge in [-0.2, -0.15) is 0 Å². The largest absolute Gasteiger partial charge is 0.494 e. The number of rotatable bonds is 5. The van der Waals surface area contributed by atoms with Crippen molar-refractivity contribution >= 4 is 5.97 Å². The molecule has 0 radical (unpaired) electrons. The molecule has 0 aliphatic heterocycles. The van der Waals surface area contributed by atoms with Gasteiger partial charge in [0.2, 0.25) is 0 Å². The van der Waals surface area contributed by atoms with Crippen molar-refractivity contribution in [1.82, 2.24) is 0 Å². The quantitative estimate of drug-likeness (QED) is 0.764. The molecule has 0 saturated carbocycles. The van der Waals surface area contributed by atoms with Crippen LogP contribution in [0.15, 0.2) is 18.2 Å². The Balaban J connectivity index is 2.80. The van der Waals surface area contributed by atoms with Gasteiger partial charge in [-0.25, -0.2) is 4.39 Å². The first kappa shape index (κ1) is 14.4. The normalized spacial score (nSPS) is 13.8. The summed E-state index contributed by atoms with van der Waals surface area (Å²) < 4.78 is 22.5. The van der Waals surface area contributed by atoms with Crippen LogP contribution in [0.1, 0.15) is 18.1 Å². The van der Waals surface area contributed by atoms with Crippen molar-refractivity contribution < 1.29 is 28.9 Å². The second-order valence-corrected chi connectivity index (χ2v) is 3.69. The number of carbonyl (C=O) groups is 1. The summed E-state index contributed by atoms with van der Waals surface area (Å²) in [5, 5.41) is 19.3. The Morgan fingerprint density at radius 1 is 1.39 bits per heavy atom. The summed E-state index contributed by atoms with van der Waals surface area (Å²) in [4.78, 5) is 10.9. The number of aliphatic hydroxyl groups is 2. The second-order valence-electron chi connectivity index (χ2n) is 3.69. The minimum absolute atomic E-state index is 0.0356. The van der Waals surface area contributed by atoms with Crippen LogP contribution in [0.5, 0.6) is 5.75 Å². The molecule has 2 atom stereocenters. The smallest absolute Gasteiger partial charge is 0.308 e. The summed E-state index contributed by atoms with van der Waals surface area (Å²) in [6.07, 6.45) is -3.10. The summed E-state index contributed by atoms with van der Waals surface area (Å²) in [5.74, 6) is -1.27. The molecule has 5 nitrogen and oxygen atoms in total. The van der Waals surface area contributed by atoms with Crippen LogP contribution in [0.25, 0.3) is 0 Å². The van der Waals surface area contributed by atoms with Crippen molar-refractivity contribution in [3.05, 3.63) is 29.6 Å². The maximum absolute atomic E-state index is 13.4. The SMILES string of the molecule is COC(=O)CC(O)C(O)c1ccc(OC)c(F)c1. The lowest BCUT2D eigenvalue weighted by Gasteiger charge is -2.17. The van der Waals surface area contributed by atoms with Crippen LogP contribution in [-0.4, -0.2) is 36.5 Å². The average molecular weight is 258 g/mol. The van der Waals surface area contributed by atoms with E-state index in [9.17, 15) is 19.4 Å². The Morgan fingerprint density at radius 3 is 2.56 bits per heavy atom. The Bertz CT molecular complexity index is 421. The van der Waals surface area contributed by atoms with Gasteiger partial charge in [0.1, 0.15) is 6.10 Å². The summed E-state index contributed by atoms with van der Waals surface area (Å²) in [7, 11) is 2.50. The molecule has 0 saturated heterocycles. The molecule has 0 spiro atoms. The summed E-state index contributed by atoms with van der Waals surface area (Å²) in [6, 6.07) is 3.79. The molecule has 0 aliphatic rings. The van der Waals surface area contributed by atoms with Crippen LogP contribution in [0.4, 0.5) is 4.39 Å². The van der Waals surface area contributed by atoms with Gasteiger partial charge in [-0.15, -0.1) is 0 Å². The molecule has 1 aromatic rings. The lowest BCUT2D eigenvalue weighted by molar-refractivity contribution is -0.144. The minimum atomic E-state index is -1.37. The van der Waals surface area contributed by atoms with Crippen LogP contribution in [0, 0.1) is 5.82 Å². The maximum atomic E-state index is 13.4. The van der Waals surface area contributed by atoms with Crippen LogP contribution in [0.3, 0.4) is 0 Å². The third-order valence-electron chi connectivity index (χ3n) is 2.49. The number of hydrogen-bond donors (Lipinski definition) is 2. The van der Waals surface area contributed by atoms with Crippen molar-refractivity contribution in [2.24, 2.45) is 0 Å². The summed E-state index contributed by atoms with van der Waals surface area (Å²) >= 11 is 0. The van der Waals surface area contributed by atoms with Gasteiger partial charge in [0, 0.05) is 0 Å². The standard InChI is InChI=1S/C12H15FO5/c1-17-10-4-3-7(5-8(10)13)12(16)9(14)6-11(15)18-2/h3-5,9,12,14,16H,6H2,1-2H3. The van der Waals surface area contributed by atoms with E-state index in [0.29, 0.717) is 0 Å². The summed E-state index contributed by atoms with van der Waals surface area (Å²) in [6.45, 7) is 0. The molecule has 100 valence electrons. The predicted molar refractivity (Wildman–Crippen MR) is 60.6 cm³/mol. The molecular formula is C12H15FO5. The fourth-order valence-corrected chi connectivity index (χ4v) is 1.45. The van der Waals surface area contributed by atoms with Crippen LogP contribution in [0.2, 0.25) is 0 Å². The first-order chi connectivity index (χ1) is 8.49. The zero-order valence-corrected chi connectivity index (χ0v) is 10.1. The van der Waals surface area contributed by atoms with Crippen molar-refractivity contribution in [1.29, 1.82) is 0 Å². The molecule has 0 bridgehead atoms. The Hall–Kier alpha value is -1.66. The lowest BCUT2D eigenvalue weighted by atomic mass is 10.0. The van der Waals surface area contributed by atoms with E-state index >= 15 is 0 Å². The number of ether oxygens (including phenoxy) is 2. The van der Waals surface area contributed by atoms with Crippen molar-refractivity contribution in [3.63, 3.8) is 0 Å². The molecule has 0 aliphatic carbocycles. The molecule has 0 heterocycles. The van der Waals surface area contributed by atoms with Crippen LogP contribution < -0.4 is 4.74 Å². The Morgan fingerprint density at radius 2 is 2.06 bits per heavy atom. The first-order valence-electron chi connectivity index (χ1n) is 5.26. The van der Waals surface area contributed by atoms with Gasteiger partial charge in [0.05, 0.1) is 26.7 Å². The highest BCUT2D eigenvalue weighted by atomic mass is 19.1. The number of hydrogen-bond acceptors (Lipinski definition) is 5. The van der Waals surface area contributed by atoms with Gasteiger partial charge in [0.15, 0.2) is 11.6 Å². The van der Waals surface area contributed by atoms with E-state index in [1.807, 2.05) is 0 Å². The van der Waals surface area contributed by atoms with E-state index in [4.69, 9.17) is 4.74 Å². The number of benzene rings is 1. The molecule has 0 amide bonds. The molecular weight excluding hydrogens is 243 g/mol. The highest BCUT2D eigenvalue weighted by Gasteiger charge is 2.22. The lowest BCUT2D eigenvalue weighted by Crippen LogP contribution is -2.22. The number of methoxy groups -OCH3 is 2. The zero-order valence-electron chi connectivity index (χ0n) is 10.1. The number of aliphatic hydroxyl groups excluding tert-OH is 2. The molecule has 18 heavy (non-hydrogen) atoms. The zero-order chi connectivity index (χ0) is 13.7. The molecule has 0 fully saturated rings. The van der Waals surface area contributed by atoms with E-state index in [1.165, 1.54) is 26.4 Å². The Labute approximate surface area is 104 Å². The topological polar surface area (TPSA) is 76.0 Å². The van der Waals surface area contributed by atoms with Crippen LogP contribution >= 0.6 is 0 Å². The molecule has 6 heteroatoms. The molecule has 2 unspecified atom stereocenters. The first-order valence-corrected chi connectivity index (χ1v) is 5.26. The van der Waals surface area contributed by atoms with Gasteiger partial charge in [-0.05, 0) is 17.7 Å². The second kappa shape index (κ2) is 6.32. The van der Waals surface area contributed by atoms with Gasteiger partial charge in [-0.1, -0.05) is 6.07 Å². The minimum Gasteiger partial charge on any atom is -0.494 e. The third kappa shape index (κ3) is 3.41. The molecule has 1 rings (SSSR count). The third-order valence-corrected chi connectivity index (χ3v) is 2.49. The maximum Gasteiger partial charge on any atom is 0.308 e. The van der Waals surface area contributed by atoms with E-state index in [2.05, 4.69) is 4.74 Å². The number of carbonyl (C=O) groups excluding carboxylic acids is 1. The highest BCUT2D eigenvalue weighted by molar-refractivity contribution is 5.69. The number of halogens is 1.